The van der Waals surface area contributed by atoms with Gasteiger partial charge in [-0.05, 0) is 12.8 Å². The van der Waals surface area contributed by atoms with Gasteiger partial charge in [0.1, 0.15) is 0 Å². The Morgan fingerprint density at radius 2 is 2.08 bits per heavy atom. The average molecular weight is 165 g/mol. The molecule has 2 rings (SSSR count). The molecule has 0 saturated carbocycles. The Bertz CT molecular complexity index is 204. The van der Waals surface area contributed by atoms with Crippen LogP contribution in [0.15, 0.2) is 24.3 Å². The van der Waals surface area contributed by atoms with E-state index in [1.807, 2.05) is 12.2 Å². The maximum atomic E-state index is 5.94. The van der Waals surface area contributed by atoms with Crippen molar-refractivity contribution in [2.45, 2.75) is 25.0 Å². The summed E-state index contributed by atoms with van der Waals surface area (Å²) >= 11 is 0. The van der Waals surface area contributed by atoms with Crippen LogP contribution >= 0.6 is 0 Å². The lowest BCUT2D eigenvalue weighted by Crippen LogP contribution is -2.36. The summed E-state index contributed by atoms with van der Waals surface area (Å²) in [6.45, 7) is 0.908. The number of nitrogens with two attached hydrogens (primary N) is 1. The van der Waals surface area contributed by atoms with Crippen molar-refractivity contribution in [1.82, 2.24) is 0 Å². The lowest BCUT2D eigenvalue weighted by atomic mass is 9.89. The van der Waals surface area contributed by atoms with E-state index in [0.29, 0.717) is 12.0 Å². The van der Waals surface area contributed by atoms with E-state index < -0.39 is 0 Å². The highest BCUT2D eigenvalue weighted by Gasteiger charge is 2.28. The van der Waals surface area contributed by atoms with Crippen molar-refractivity contribution < 1.29 is 4.74 Å². The van der Waals surface area contributed by atoms with Gasteiger partial charge in [-0.1, -0.05) is 24.3 Å². The Kier molecular flexibility index (Phi) is 2.28. The quantitative estimate of drug-likeness (QED) is 0.634. The van der Waals surface area contributed by atoms with Gasteiger partial charge in [-0.25, -0.2) is 0 Å². The maximum absolute atomic E-state index is 5.94. The van der Waals surface area contributed by atoms with E-state index in [0.717, 1.165) is 13.0 Å². The SMILES string of the molecule is NC1C=CC=CC1C1CCCO1. The summed E-state index contributed by atoms with van der Waals surface area (Å²) in [6.07, 6.45) is 11.0. The molecule has 0 aromatic heterocycles. The van der Waals surface area contributed by atoms with Gasteiger partial charge in [-0.15, -0.1) is 0 Å². The van der Waals surface area contributed by atoms with Crippen molar-refractivity contribution in [2.24, 2.45) is 11.7 Å². The molecule has 1 saturated heterocycles. The zero-order valence-corrected chi connectivity index (χ0v) is 7.15. The number of hydrogen-bond donors (Lipinski definition) is 1. The lowest BCUT2D eigenvalue weighted by molar-refractivity contribution is 0.0747. The smallest absolute Gasteiger partial charge is 0.0656 e. The second-order valence-electron chi connectivity index (χ2n) is 3.48. The molecule has 0 aromatic rings. The summed E-state index contributed by atoms with van der Waals surface area (Å²) in [5, 5.41) is 0. The second-order valence-corrected chi connectivity index (χ2v) is 3.48. The lowest BCUT2D eigenvalue weighted by Gasteiger charge is -2.25. The van der Waals surface area contributed by atoms with Gasteiger partial charge in [0.05, 0.1) is 6.10 Å². The first-order valence-corrected chi connectivity index (χ1v) is 4.60. The molecule has 1 fully saturated rings. The third kappa shape index (κ3) is 1.45. The average Bonchev–Trinajstić information content (AvgIpc) is 2.57. The van der Waals surface area contributed by atoms with Crippen molar-refractivity contribution in [2.75, 3.05) is 6.61 Å². The zero-order chi connectivity index (χ0) is 8.39. The van der Waals surface area contributed by atoms with Crippen LogP contribution in [0, 0.1) is 5.92 Å². The fourth-order valence-electron chi connectivity index (χ4n) is 1.92. The van der Waals surface area contributed by atoms with Crippen LogP contribution in [0.1, 0.15) is 12.8 Å². The molecule has 0 amide bonds. The standard InChI is InChI=1S/C10H15NO/c11-9-5-2-1-4-8(9)10-6-3-7-12-10/h1-2,4-5,8-10H,3,6-7,11H2. The van der Waals surface area contributed by atoms with Gasteiger partial charge in [0.15, 0.2) is 0 Å². The van der Waals surface area contributed by atoms with Gasteiger partial charge >= 0.3 is 0 Å². The number of hydrogen-bond acceptors (Lipinski definition) is 2. The predicted molar refractivity (Wildman–Crippen MR) is 48.7 cm³/mol. The Labute approximate surface area is 73.1 Å². The molecule has 0 spiro atoms. The van der Waals surface area contributed by atoms with Crippen molar-refractivity contribution in [1.29, 1.82) is 0 Å². The normalized spacial score (nSPS) is 40.6. The third-order valence-electron chi connectivity index (χ3n) is 2.62. The highest BCUT2D eigenvalue weighted by atomic mass is 16.5. The molecule has 0 radical (unpaired) electrons. The molecule has 1 aliphatic heterocycles. The summed E-state index contributed by atoms with van der Waals surface area (Å²) in [7, 11) is 0. The van der Waals surface area contributed by atoms with Crippen molar-refractivity contribution in [3.63, 3.8) is 0 Å². The maximum Gasteiger partial charge on any atom is 0.0656 e. The van der Waals surface area contributed by atoms with E-state index in [1.54, 1.807) is 0 Å². The zero-order valence-electron chi connectivity index (χ0n) is 7.15. The largest absolute Gasteiger partial charge is 0.378 e. The van der Waals surface area contributed by atoms with Gasteiger partial charge in [-0.3, -0.25) is 0 Å². The second kappa shape index (κ2) is 3.42. The fraction of sp³-hybridized carbons (Fsp3) is 0.600. The minimum absolute atomic E-state index is 0.151. The van der Waals surface area contributed by atoms with Gasteiger partial charge in [0.25, 0.3) is 0 Å². The molecule has 12 heavy (non-hydrogen) atoms. The molecular weight excluding hydrogens is 150 g/mol. The summed E-state index contributed by atoms with van der Waals surface area (Å²) in [6, 6.07) is 0.151. The molecule has 2 heteroatoms. The van der Waals surface area contributed by atoms with Crippen LogP contribution in [0.25, 0.3) is 0 Å². The Morgan fingerprint density at radius 3 is 2.75 bits per heavy atom. The van der Waals surface area contributed by atoms with Crippen LogP contribution in [0.4, 0.5) is 0 Å². The topological polar surface area (TPSA) is 35.2 Å². The molecule has 1 aliphatic carbocycles. The van der Waals surface area contributed by atoms with Crippen LogP contribution in [0.2, 0.25) is 0 Å². The molecule has 3 unspecified atom stereocenters. The van der Waals surface area contributed by atoms with Gasteiger partial charge < -0.3 is 10.5 Å². The molecule has 2 aliphatic rings. The highest BCUT2D eigenvalue weighted by Crippen LogP contribution is 2.25. The van der Waals surface area contributed by atoms with E-state index in [9.17, 15) is 0 Å². The van der Waals surface area contributed by atoms with E-state index in [2.05, 4.69) is 12.2 Å². The van der Waals surface area contributed by atoms with E-state index in [4.69, 9.17) is 10.5 Å². The van der Waals surface area contributed by atoms with Crippen LogP contribution in [-0.4, -0.2) is 18.8 Å². The fourth-order valence-corrected chi connectivity index (χ4v) is 1.92. The summed E-state index contributed by atoms with van der Waals surface area (Å²) in [4.78, 5) is 0. The minimum atomic E-state index is 0.151. The van der Waals surface area contributed by atoms with E-state index >= 15 is 0 Å². The van der Waals surface area contributed by atoms with Crippen LogP contribution in [0.3, 0.4) is 0 Å². The predicted octanol–water partition coefficient (Wildman–Crippen LogP) is 1.23. The molecule has 2 N–H and O–H groups in total. The molecule has 0 bridgehead atoms. The third-order valence-corrected chi connectivity index (χ3v) is 2.62. The molecule has 1 heterocycles. The van der Waals surface area contributed by atoms with Gasteiger partial charge in [0, 0.05) is 18.6 Å². The monoisotopic (exact) mass is 165 g/mol. The first-order valence-electron chi connectivity index (χ1n) is 4.60. The molecule has 0 aromatic carbocycles. The van der Waals surface area contributed by atoms with Crippen LogP contribution in [0.5, 0.6) is 0 Å². The Morgan fingerprint density at radius 1 is 1.25 bits per heavy atom. The van der Waals surface area contributed by atoms with E-state index in [-0.39, 0.29) is 6.04 Å². The highest BCUT2D eigenvalue weighted by molar-refractivity contribution is 5.18. The molecule has 66 valence electrons. The number of ether oxygens (including phenoxy) is 1. The van der Waals surface area contributed by atoms with Crippen molar-refractivity contribution in [3.05, 3.63) is 24.3 Å². The number of rotatable bonds is 1. The van der Waals surface area contributed by atoms with Gasteiger partial charge in [-0.2, -0.15) is 0 Å². The summed E-state index contributed by atoms with van der Waals surface area (Å²) in [5.41, 5.74) is 5.94. The van der Waals surface area contributed by atoms with Crippen molar-refractivity contribution in [3.8, 4) is 0 Å². The first-order chi connectivity index (χ1) is 5.88. The van der Waals surface area contributed by atoms with Crippen LogP contribution < -0.4 is 5.73 Å². The van der Waals surface area contributed by atoms with Crippen LogP contribution in [-0.2, 0) is 4.74 Å². The van der Waals surface area contributed by atoms with Gasteiger partial charge in [0.2, 0.25) is 0 Å². The summed E-state index contributed by atoms with van der Waals surface area (Å²) < 4.78 is 5.60. The molecular formula is C10H15NO. The Balaban J connectivity index is 2.02. The molecule has 3 atom stereocenters. The Hall–Kier alpha value is -0.600. The minimum Gasteiger partial charge on any atom is -0.378 e. The van der Waals surface area contributed by atoms with E-state index in [1.165, 1.54) is 6.42 Å². The summed E-state index contributed by atoms with van der Waals surface area (Å²) in [5.74, 6) is 0.400. The number of allylic oxidation sites excluding steroid dienone is 2. The van der Waals surface area contributed by atoms with Crippen molar-refractivity contribution >= 4 is 0 Å². The first kappa shape index (κ1) is 8.02. The molecule has 2 nitrogen and oxygen atoms in total.